The van der Waals surface area contributed by atoms with E-state index < -0.39 is 0 Å². The van der Waals surface area contributed by atoms with Crippen molar-refractivity contribution in [3.63, 3.8) is 0 Å². The summed E-state index contributed by atoms with van der Waals surface area (Å²) in [7, 11) is 1.91. The Hall–Kier alpha value is -1.32. The molecule has 0 aliphatic heterocycles. The number of nitrogens with zero attached hydrogens (tertiary/aromatic N) is 2. The van der Waals surface area contributed by atoms with Gasteiger partial charge in [0.2, 0.25) is 0 Å². The van der Waals surface area contributed by atoms with E-state index in [0.717, 1.165) is 41.9 Å². The normalized spacial score (nSPS) is 15.9. The summed E-state index contributed by atoms with van der Waals surface area (Å²) >= 11 is 0. The third-order valence-electron chi connectivity index (χ3n) is 3.78. The fourth-order valence-electron chi connectivity index (χ4n) is 2.59. The lowest BCUT2D eigenvalue weighted by Gasteiger charge is -2.15. The SMILES string of the molecule is CCc1nc(NC)c(C)c(NCC2CCCC2)n1. The van der Waals surface area contributed by atoms with Gasteiger partial charge in [-0.1, -0.05) is 19.8 Å². The quantitative estimate of drug-likeness (QED) is 0.841. The van der Waals surface area contributed by atoms with E-state index in [1.807, 2.05) is 7.05 Å². The van der Waals surface area contributed by atoms with Crippen LogP contribution in [0.4, 0.5) is 11.6 Å². The van der Waals surface area contributed by atoms with Gasteiger partial charge in [-0.25, -0.2) is 9.97 Å². The average Bonchev–Trinajstić information content (AvgIpc) is 2.90. The lowest BCUT2D eigenvalue weighted by Crippen LogP contribution is -2.15. The van der Waals surface area contributed by atoms with E-state index in [4.69, 9.17) is 0 Å². The minimum Gasteiger partial charge on any atom is -0.373 e. The van der Waals surface area contributed by atoms with Gasteiger partial charge in [0.25, 0.3) is 0 Å². The number of hydrogen-bond donors (Lipinski definition) is 2. The molecule has 0 unspecified atom stereocenters. The summed E-state index contributed by atoms with van der Waals surface area (Å²) in [6.45, 7) is 5.21. The number of nitrogens with one attached hydrogen (secondary N) is 2. The number of aromatic nitrogens is 2. The van der Waals surface area contributed by atoms with Gasteiger partial charge >= 0.3 is 0 Å². The van der Waals surface area contributed by atoms with Crippen LogP contribution in [0.3, 0.4) is 0 Å². The van der Waals surface area contributed by atoms with Gasteiger partial charge in [0.1, 0.15) is 17.5 Å². The van der Waals surface area contributed by atoms with Gasteiger partial charge in [0, 0.05) is 25.6 Å². The maximum absolute atomic E-state index is 4.60. The molecule has 1 aromatic rings. The molecule has 100 valence electrons. The van der Waals surface area contributed by atoms with Crippen molar-refractivity contribution in [2.75, 3.05) is 24.2 Å². The Kier molecular flexibility index (Phi) is 4.39. The molecule has 2 rings (SSSR count). The van der Waals surface area contributed by atoms with Gasteiger partial charge in [0.15, 0.2) is 0 Å². The van der Waals surface area contributed by atoms with E-state index in [1.54, 1.807) is 0 Å². The largest absolute Gasteiger partial charge is 0.373 e. The van der Waals surface area contributed by atoms with Crippen LogP contribution in [0.5, 0.6) is 0 Å². The summed E-state index contributed by atoms with van der Waals surface area (Å²) in [5.41, 5.74) is 1.12. The van der Waals surface area contributed by atoms with Crippen LogP contribution in [0.1, 0.15) is 44.0 Å². The standard InChI is InChI=1S/C14H24N4/c1-4-12-17-13(15-3)10(2)14(18-12)16-9-11-7-5-6-8-11/h11H,4-9H2,1-3H3,(H2,15,16,17,18). The molecule has 0 radical (unpaired) electrons. The zero-order valence-electron chi connectivity index (χ0n) is 11.7. The topological polar surface area (TPSA) is 49.8 Å². The highest BCUT2D eigenvalue weighted by molar-refractivity contribution is 5.57. The molecular weight excluding hydrogens is 224 g/mol. The molecule has 1 aromatic heterocycles. The predicted molar refractivity (Wildman–Crippen MR) is 76.1 cm³/mol. The summed E-state index contributed by atoms with van der Waals surface area (Å²) in [6.07, 6.45) is 6.36. The fraction of sp³-hybridized carbons (Fsp3) is 0.714. The Labute approximate surface area is 110 Å². The van der Waals surface area contributed by atoms with E-state index in [9.17, 15) is 0 Å². The van der Waals surface area contributed by atoms with Crippen molar-refractivity contribution >= 4 is 11.6 Å². The number of hydrogen-bond acceptors (Lipinski definition) is 4. The molecule has 1 aliphatic carbocycles. The van der Waals surface area contributed by atoms with Crippen molar-refractivity contribution < 1.29 is 0 Å². The van der Waals surface area contributed by atoms with Gasteiger partial charge in [-0.3, -0.25) is 0 Å². The second kappa shape index (κ2) is 6.03. The van der Waals surface area contributed by atoms with Crippen molar-refractivity contribution in [1.29, 1.82) is 0 Å². The predicted octanol–water partition coefficient (Wildman–Crippen LogP) is 2.99. The third kappa shape index (κ3) is 2.92. The molecule has 0 saturated heterocycles. The Morgan fingerprint density at radius 3 is 2.44 bits per heavy atom. The molecule has 0 spiro atoms. The second-order valence-electron chi connectivity index (χ2n) is 5.10. The first-order chi connectivity index (χ1) is 8.74. The van der Waals surface area contributed by atoms with Gasteiger partial charge < -0.3 is 10.6 Å². The monoisotopic (exact) mass is 248 g/mol. The van der Waals surface area contributed by atoms with E-state index >= 15 is 0 Å². The number of anilines is 2. The Balaban J connectivity index is 2.09. The molecular formula is C14H24N4. The van der Waals surface area contributed by atoms with Crippen LogP contribution in [0.2, 0.25) is 0 Å². The highest BCUT2D eigenvalue weighted by Crippen LogP contribution is 2.26. The lowest BCUT2D eigenvalue weighted by molar-refractivity contribution is 0.578. The van der Waals surface area contributed by atoms with Crippen LogP contribution < -0.4 is 10.6 Å². The smallest absolute Gasteiger partial charge is 0.134 e. The van der Waals surface area contributed by atoms with Crippen molar-refractivity contribution in [2.45, 2.75) is 46.0 Å². The molecule has 0 aromatic carbocycles. The molecule has 1 saturated carbocycles. The van der Waals surface area contributed by atoms with Crippen LogP contribution in [0, 0.1) is 12.8 Å². The minimum atomic E-state index is 0.822. The zero-order valence-corrected chi connectivity index (χ0v) is 11.7. The molecule has 18 heavy (non-hydrogen) atoms. The number of rotatable bonds is 5. The summed E-state index contributed by atoms with van der Waals surface area (Å²) in [5.74, 6) is 3.66. The first-order valence-corrected chi connectivity index (χ1v) is 7.03. The van der Waals surface area contributed by atoms with Crippen LogP contribution in [0.25, 0.3) is 0 Å². The maximum atomic E-state index is 4.60. The van der Waals surface area contributed by atoms with Gasteiger partial charge in [-0.15, -0.1) is 0 Å². The van der Waals surface area contributed by atoms with Gasteiger partial charge in [-0.05, 0) is 25.7 Å². The van der Waals surface area contributed by atoms with Gasteiger partial charge in [0.05, 0.1) is 0 Å². The highest BCUT2D eigenvalue weighted by atomic mass is 15.1. The van der Waals surface area contributed by atoms with Crippen molar-refractivity contribution in [3.05, 3.63) is 11.4 Å². The van der Waals surface area contributed by atoms with Crippen molar-refractivity contribution in [2.24, 2.45) is 5.92 Å². The molecule has 1 aliphatic rings. The van der Waals surface area contributed by atoms with Crippen LogP contribution >= 0.6 is 0 Å². The molecule has 1 fully saturated rings. The van der Waals surface area contributed by atoms with E-state index in [2.05, 4.69) is 34.4 Å². The van der Waals surface area contributed by atoms with Crippen LogP contribution in [0.15, 0.2) is 0 Å². The summed E-state index contributed by atoms with van der Waals surface area (Å²) in [5, 5.41) is 6.66. The molecule has 4 nitrogen and oxygen atoms in total. The highest BCUT2D eigenvalue weighted by Gasteiger charge is 2.16. The average molecular weight is 248 g/mol. The molecule has 4 heteroatoms. The van der Waals surface area contributed by atoms with E-state index in [1.165, 1.54) is 25.7 Å². The van der Waals surface area contributed by atoms with Crippen LogP contribution in [-0.2, 0) is 6.42 Å². The molecule has 0 atom stereocenters. The Morgan fingerprint density at radius 1 is 1.17 bits per heavy atom. The molecule has 2 N–H and O–H groups in total. The van der Waals surface area contributed by atoms with Crippen molar-refractivity contribution in [1.82, 2.24) is 9.97 Å². The molecule has 0 bridgehead atoms. The summed E-state index contributed by atoms with van der Waals surface area (Å²) in [6, 6.07) is 0. The van der Waals surface area contributed by atoms with E-state index in [0.29, 0.717) is 0 Å². The summed E-state index contributed by atoms with van der Waals surface area (Å²) < 4.78 is 0. The van der Waals surface area contributed by atoms with Gasteiger partial charge in [-0.2, -0.15) is 0 Å². The number of aryl methyl sites for hydroxylation is 1. The van der Waals surface area contributed by atoms with E-state index in [-0.39, 0.29) is 0 Å². The first-order valence-electron chi connectivity index (χ1n) is 7.03. The fourth-order valence-corrected chi connectivity index (χ4v) is 2.59. The first kappa shape index (κ1) is 13.1. The Bertz CT molecular complexity index is 397. The van der Waals surface area contributed by atoms with Crippen molar-refractivity contribution in [3.8, 4) is 0 Å². The zero-order chi connectivity index (χ0) is 13.0. The van der Waals surface area contributed by atoms with Crippen LogP contribution in [-0.4, -0.2) is 23.6 Å². The molecule has 1 heterocycles. The summed E-state index contributed by atoms with van der Waals surface area (Å²) in [4.78, 5) is 9.09. The lowest BCUT2D eigenvalue weighted by atomic mass is 10.1. The Morgan fingerprint density at radius 2 is 1.83 bits per heavy atom. The second-order valence-corrected chi connectivity index (χ2v) is 5.10. The third-order valence-corrected chi connectivity index (χ3v) is 3.78. The minimum absolute atomic E-state index is 0.822. The maximum Gasteiger partial charge on any atom is 0.134 e. The molecule has 0 amide bonds.